The van der Waals surface area contributed by atoms with Crippen LogP contribution in [0.3, 0.4) is 0 Å². The van der Waals surface area contributed by atoms with Crippen molar-refractivity contribution in [1.29, 1.82) is 0 Å². The normalized spacial score (nSPS) is 26.2. The maximum Gasteiger partial charge on any atom is 0.425 e. The van der Waals surface area contributed by atoms with Crippen LogP contribution >= 0.6 is 0 Å². The van der Waals surface area contributed by atoms with Crippen molar-refractivity contribution in [1.82, 2.24) is 9.80 Å². The van der Waals surface area contributed by atoms with Gasteiger partial charge >= 0.3 is 6.18 Å². The lowest BCUT2D eigenvalue weighted by atomic mass is 9.91. The fourth-order valence-electron chi connectivity index (χ4n) is 1.98. The Hall–Kier alpha value is -0.850. The minimum atomic E-state index is -4.78. The van der Waals surface area contributed by atoms with E-state index in [1.807, 2.05) is 0 Å². The predicted molar refractivity (Wildman–Crippen MR) is 47.5 cm³/mol. The lowest BCUT2D eigenvalue weighted by molar-refractivity contribution is -0.279. The van der Waals surface area contributed by atoms with Crippen LogP contribution in [0.25, 0.3) is 0 Å². The highest BCUT2D eigenvalue weighted by molar-refractivity contribution is 5.74. The molecular weight excluding hydrogens is 228 g/mol. The van der Waals surface area contributed by atoms with Crippen molar-refractivity contribution in [2.45, 2.75) is 24.8 Å². The summed E-state index contributed by atoms with van der Waals surface area (Å²) in [4.78, 5) is 13.8. The monoisotopic (exact) mass is 240 g/mol. The largest absolute Gasteiger partial charge is 0.425 e. The number of hydrogen-bond donors (Lipinski definition) is 0. The van der Waals surface area contributed by atoms with Gasteiger partial charge in [0.1, 0.15) is 0 Å². The molecule has 7 heteroatoms. The smallest absolute Gasteiger partial charge is 0.340 e. The summed E-state index contributed by atoms with van der Waals surface area (Å²) in [6, 6.07) is -0.116. The van der Waals surface area contributed by atoms with E-state index in [2.05, 4.69) is 0 Å². The second-order valence-corrected chi connectivity index (χ2v) is 4.45. The van der Waals surface area contributed by atoms with Gasteiger partial charge in [0.05, 0.1) is 0 Å². The third-order valence-electron chi connectivity index (χ3n) is 3.24. The van der Waals surface area contributed by atoms with Crippen LogP contribution in [-0.4, -0.2) is 59.8 Å². The van der Waals surface area contributed by atoms with Gasteiger partial charge in [0, 0.05) is 39.1 Å². The summed E-state index contributed by atoms with van der Waals surface area (Å²) in [7, 11) is 0. The molecule has 0 unspecified atom stereocenters. The van der Waals surface area contributed by atoms with Gasteiger partial charge in [-0.15, -0.1) is 0 Å². The first-order chi connectivity index (χ1) is 7.23. The number of halogens is 4. The summed E-state index contributed by atoms with van der Waals surface area (Å²) in [6.45, 7) is 1.01. The van der Waals surface area contributed by atoms with Gasteiger partial charge in [-0.3, -0.25) is 9.69 Å². The van der Waals surface area contributed by atoms with E-state index >= 15 is 0 Å². The summed E-state index contributed by atoms with van der Waals surface area (Å²) in [6.07, 6.45) is -4.78. The molecule has 0 aromatic carbocycles. The van der Waals surface area contributed by atoms with Crippen molar-refractivity contribution in [2.24, 2.45) is 0 Å². The molecule has 2 rings (SSSR count). The van der Waals surface area contributed by atoms with Crippen LogP contribution in [0.4, 0.5) is 17.6 Å². The molecule has 2 heterocycles. The first-order valence-electron chi connectivity index (χ1n) is 4.98. The average Bonchev–Trinajstić information content (AvgIpc) is 1.94. The summed E-state index contributed by atoms with van der Waals surface area (Å²) < 4.78 is 49.7. The van der Waals surface area contributed by atoms with Crippen molar-refractivity contribution < 1.29 is 22.4 Å². The molecule has 0 bridgehead atoms. The molecule has 0 aromatic rings. The Balaban J connectivity index is 1.80. The Kier molecular flexibility index (Phi) is 2.41. The van der Waals surface area contributed by atoms with Gasteiger partial charge in [0.15, 0.2) is 0 Å². The Bertz CT molecular complexity index is 305. The van der Waals surface area contributed by atoms with Crippen LogP contribution in [0, 0.1) is 0 Å². The second kappa shape index (κ2) is 3.32. The van der Waals surface area contributed by atoms with Crippen LogP contribution in [0.5, 0.6) is 0 Å². The van der Waals surface area contributed by atoms with E-state index in [1.54, 1.807) is 0 Å². The number of carbonyl (C=O) groups is 1. The molecule has 92 valence electrons. The highest BCUT2D eigenvalue weighted by Gasteiger charge is 2.64. The van der Waals surface area contributed by atoms with E-state index in [1.165, 1.54) is 16.7 Å². The van der Waals surface area contributed by atoms with Crippen LogP contribution in [0.15, 0.2) is 0 Å². The zero-order chi connectivity index (χ0) is 12.1. The van der Waals surface area contributed by atoms with Crippen molar-refractivity contribution in [3.05, 3.63) is 0 Å². The summed E-state index contributed by atoms with van der Waals surface area (Å²) >= 11 is 0. The van der Waals surface area contributed by atoms with Crippen molar-refractivity contribution in [3.63, 3.8) is 0 Å². The van der Waals surface area contributed by atoms with E-state index < -0.39 is 24.9 Å². The van der Waals surface area contributed by atoms with Gasteiger partial charge in [-0.2, -0.15) is 13.2 Å². The van der Waals surface area contributed by atoms with E-state index in [0.29, 0.717) is 13.1 Å². The number of hydrogen-bond acceptors (Lipinski definition) is 2. The van der Waals surface area contributed by atoms with E-state index in [4.69, 9.17) is 0 Å². The van der Waals surface area contributed by atoms with E-state index in [0.717, 1.165) is 0 Å². The Morgan fingerprint density at radius 2 is 1.81 bits per heavy atom. The molecule has 0 spiro atoms. The Morgan fingerprint density at radius 3 is 2.19 bits per heavy atom. The molecule has 0 aliphatic carbocycles. The molecule has 0 atom stereocenters. The third kappa shape index (κ3) is 1.66. The van der Waals surface area contributed by atoms with Crippen molar-refractivity contribution in [2.75, 3.05) is 26.2 Å². The molecule has 0 radical (unpaired) electrons. The third-order valence-corrected chi connectivity index (χ3v) is 3.24. The quantitative estimate of drug-likeness (QED) is 0.633. The minimum absolute atomic E-state index is 0.0980. The minimum Gasteiger partial charge on any atom is -0.340 e. The van der Waals surface area contributed by atoms with Crippen molar-refractivity contribution >= 4 is 5.91 Å². The first-order valence-corrected chi connectivity index (χ1v) is 4.98. The average molecular weight is 240 g/mol. The molecule has 2 aliphatic rings. The van der Waals surface area contributed by atoms with Gasteiger partial charge in [-0.05, 0) is 0 Å². The zero-order valence-corrected chi connectivity index (χ0v) is 8.72. The number of carbonyl (C=O) groups excluding carboxylic acids is 1. The van der Waals surface area contributed by atoms with Gasteiger partial charge in [0.25, 0.3) is 0 Å². The van der Waals surface area contributed by atoms with Gasteiger partial charge in [0.2, 0.25) is 11.6 Å². The highest BCUT2D eigenvalue weighted by Crippen LogP contribution is 2.42. The molecule has 2 aliphatic heterocycles. The summed E-state index contributed by atoms with van der Waals surface area (Å²) in [5.41, 5.74) is -3.05. The standard InChI is InChI=1S/C9H12F4N2O/c1-6(16)14-2-7(3-14)15-4-8(10,5-15)9(11,12)13/h7H,2-5H2,1H3. The van der Waals surface area contributed by atoms with Crippen LogP contribution in [-0.2, 0) is 4.79 Å². The molecule has 2 fully saturated rings. The van der Waals surface area contributed by atoms with Crippen molar-refractivity contribution in [3.8, 4) is 0 Å². The van der Waals surface area contributed by atoms with Crippen LogP contribution in [0.2, 0.25) is 0 Å². The molecule has 2 saturated heterocycles. The van der Waals surface area contributed by atoms with E-state index in [9.17, 15) is 22.4 Å². The molecule has 3 nitrogen and oxygen atoms in total. The molecule has 0 N–H and O–H groups in total. The highest BCUT2D eigenvalue weighted by atomic mass is 19.4. The molecule has 0 aromatic heterocycles. The van der Waals surface area contributed by atoms with Gasteiger partial charge in [-0.25, -0.2) is 4.39 Å². The van der Waals surface area contributed by atoms with Gasteiger partial charge < -0.3 is 4.90 Å². The van der Waals surface area contributed by atoms with Crippen LogP contribution < -0.4 is 0 Å². The maximum absolute atomic E-state index is 13.2. The Labute approximate surface area is 90.0 Å². The topological polar surface area (TPSA) is 23.6 Å². The second-order valence-electron chi connectivity index (χ2n) is 4.45. The molecule has 0 saturated carbocycles. The fourth-order valence-corrected chi connectivity index (χ4v) is 1.98. The zero-order valence-electron chi connectivity index (χ0n) is 8.72. The lowest BCUT2D eigenvalue weighted by Crippen LogP contribution is -2.74. The Morgan fingerprint density at radius 1 is 1.31 bits per heavy atom. The number of likely N-dealkylation sites (tertiary alicyclic amines) is 2. The number of amides is 1. The SMILES string of the molecule is CC(=O)N1CC(N2CC(F)(C(F)(F)F)C2)C1. The maximum atomic E-state index is 13.2. The number of rotatable bonds is 1. The van der Waals surface area contributed by atoms with E-state index in [-0.39, 0.29) is 11.9 Å². The molecular formula is C9H12F4N2O. The number of nitrogens with zero attached hydrogens (tertiary/aromatic N) is 2. The van der Waals surface area contributed by atoms with Crippen LogP contribution in [0.1, 0.15) is 6.92 Å². The molecule has 16 heavy (non-hydrogen) atoms. The summed E-state index contributed by atoms with van der Waals surface area (Å²) in [5.74, 6) is -0.0980. The molecule has 1 amide bonds. The number of alkyl halides is 4. The fraction of sp³-hybridized carbons (Fsp3) is 0.889. The summed E-state index contributed by atoms with van der Waals surface area (Å²) in [5, 5.41) is 0. The lowest BCUT2D eigenvalue weighted by Gasteiger charge is -2.54. The van der Waals surface area contributed by atoms with Gasteiger partial charge in [-0.1, -0.05) is 0 Å². The first kappa shape index (κ1) is 11.6. The predicted octanol–water partition coefficient (Wildman–Crippen LogP) is 0.803.